The molecule has 0 aliphatic carbocycles. The largest absolute Gasteiger partial charge is 0.462 e. The van der Waals surface area contributed by atoms with Gasteiger partial charge in [0.25, 0.3) is 0 Å². The van der Waals surface area contributed by atoms with E-state index in [0.29, 0.717) is 19.3 Å². The molecule has 0 aromatic rings. The standard InChI is InChI=1S/C68H112O6/c1-4-7-10-13-16-19-22-24-25-26-27-28-29-30-31-32-33-34-35-36-37-38-39-40-41-42-43-45-46-49-52-55-58-61-67(70)73-64-65(63-72-66(69)60-57-54-51-48-21-18-15-12-9-6-3)74-68(71)62-59-56-53-50-47-44-23-20-17-14-11-8-5-2/h7-8,10-11,16-17,19-20,24-25,27-28,30-31,33-34,36-37,44,47,65H,4-6,9,12-15,18,21-23,26,29,32,35,38-43,45-46,48-64H2,1-3H3/b10-7-,11-8-,19-16-,20-17-,25-24-,28-27-,31-30-,34-33-,37-36-,47-44-. The Morgan fingerprint density at radius 3 is 0.838 bits per heavy atom. The van der Waals surface area contributed by atoms with Gasteiger partial charge in [-0.1, -0.05) is 264 Å². The molecule has 6 nitrogen and oxygen atoms in total. The monoisotopic (exact) mass is 1020 g/mol. The highest BCUT2D eigenvalue weighted by molar-refractivity contribution is 5.71. The Bertz CT molecular complexity index is 1550. The minimum Gasteiger partial charge on any atom is -0.462 e. The van der Waals surface area contributed by atoms with Crippen molar-refractivity contribution in [1.82, 2.24) is 0 Å². The summed E-state index contributed by atoms with van der Waals surface area (Å²) in [5.74, 6) is -0.924. The van der Waals surface area contributed by atoms with Crippen LogP contribution in [0, 0.1) is 0 Å². The van der Waals surface area contributed by atoms with Crippen LogP contribution in [0.25, 0.3) is 0 Å². The van der Waals surface area contributed by atoms with E-state index in [1.807, 2.05) is 0 Å². The smallest absolute Gasteiger partial charge is 0.306 e. The third kappa shape index (κ3) is 58.7. The topological polar surface area (TPSA) is 78.9 Å². The summed E-state index contributed by atoms with van der Waals surface area (Å²) in [5.41, 5.74) is 0. The molecule has 0 saturated carbocycles. The molecule has 420 valence electrons. The number of carbonyl (C=O) groups is 3. The zero-order valence-electron chi connectivity index (χ0n) is 48.1. The Hall–Kier alpha value is -4.19. The highest BCUT2D eigenvalue weighted by atomic mass is 16.6. The van der Waals surface area contributed by atoms with Crippen LogP contribution in [0.4, 0.5) is 0 Å². The molecule has 0 aliphatic rings. The van der Waals surface area contributed by atoms with Crippen LogP contribution in [0.3, 0.4) is 0 Å². The van der Waals surface area contributed by atoms with Gasteiger partial charge in [0.15, 0.2) is 6.10 Å². The van der Waals surface area contributed by atoms with E-state index in [9.17, 15) is 14.4 Å². The maximum Gasteiger partial charge on any atom is 0.306 e. The van der Waals surface area contributed by atoms with Crippen LogP contribution >= 0.6 is 0 Å². The van der Waals surface area contributed by atoms with Crippen LogP contribution in [-0.4, -0.2) is 37.2 Å². The maximum absolute atomic E-state index is 12.8. The van der Waals surface area contributed by atoms with Gasteiger partial charge in [-0.15, -0.1) is 0 Å². The number of rotatable bonds is 54. The second-order valence-corrected chi connectivity index (χ2v) is 19.9. The highest BCUT2D eigenvalue weighted by Gasteiger charge is 2.19. The summed E-state index contributed by atoms with van der Waals surface area (Å²) < 4.78 is 16.8. The summed E-state index contributed by atoms with van der Waals surface area (Å²) >= 11 is 0. The van der Waals surface area contributed by atoms with Crippen LogP contribution in [-0.2, 0) is 28.6 Å². The van der Waals surface area contributed by atoms with Crippen molar-refractivity contribution in [3.05, 3.63) is 122 Å². The first-order valence-electron chi connectivity index (χ1n) is 30.5. The van der Waals surface area contributed by atoms with E-state index >= 15 is 0 Å². The Morgan fingerprint density at radius 2 is 0.527 bits per heavy atom. The summed E-state index contributed by atoms with van der Waals surface area (Å²) in [7, 11) is 0. The maximum atomic E-state index is 12.8. The molecule has 0 rings (SSSR count). The fraction of sp³-hybridized carbons (Fsp3) is 0.662. The molecule has 0 radical (unpaired) electrons. The molecule has 0 aromatic carbocycles. The van der Waals surface area contributed by atoms with Gasteiger partial charge in [-0.05, 0) is 109 Å². The van der Waals surface area contributed by atoms with Gasteiger partial charge in [0.05, 0.1) is 0 Å². The molecule has 1 unspecified atom stereocenters. The lowest BCUT2D eigenvalue weighted by Gasteiger charge is -2.18. The van der Waals surface area contributed by atoms with Gasteiger partial charge in [0, 0.05) is 19.3 Å². The van der Waals surface area contributed by atoms with E-state index in [1.54, 1.807) is 0 Å². The van der Waals surface area contributed by atoms with Gasteiger partial charge < -0.3 is 14.2 Å². The summed E-state index contributed by atoms with van der Waals surface area (Å²) in [4.78, 5) is 38.1. The molecule has 0 heterocycles. The van der Waals surface area contributed by atoms with Gasteiger partial charge >= 0.3 is 17.9 Å². The Morgan fingerprint density at radius 1 is 0.284 bits per heavy atom. The van der Waals surface area contributed by atoms with Crippen LogP contribution in [0.5, 0.6) is 0 Å². The minimum atomic E-state index is -0.794. The van der Waals surface area contributed by atoms with Crippen molar-refractivity contribution in [2.24, 2.45) is 0 Å². The number of hydrogen-bond acceptors (Lipinski definition) is 6. The molecule has 74 heavy (non-hydrogen) atoms. The lowest BCUT2D eigenvalue weighted by atomic mass is 10.0. The zero-order chi connectivity index (χ0) is 53.6. The molecule has 6 heteroatoms. The highest BCUT2D eigenvalue weighted by Crippen LogP contribution is 2.15. The van der Waals surface area contributed by atoms with Crippen molar-refractivity contribution >= 4 is 17.9 Å². The van der Waals surface area contributed by atoms with Crippen LogP contribution in [0.15, 0.2) is 122 Å². The molecule has 0 N–H and O–H groups in total. The van der Waals surface area contributed by atoms with Gasteiger partial charge in [0.1, 0.15) is 13.2 Å². The molecule has 0 aliphatic heterocycles. The van der Waals surface area contributed by atoms with E-state index in [0.717, 1.165) is 128 Å². The van der Waals surface area contributed by atoms with Crippen molar-refractivity contribution in [3.63, 3.8) is 0 Å². The van der Waals surface area contributed by atoms with Crippen LogP contribution < -0.4 is 0 Å². The average molecular weight is 1030 g/mol. The third-order valence-corrected chi connectivity index (χ3v) is 12.7. The van der Waals surface area contributed by atoms with Crippen LogP contribution in [0.1, 0.15) is 271 Å². The van der Waals surface area contributed by atoms with Crippen molar-refractivity contribution < 1.29 is 28.6 Å². The molecule has 0 fully saturated rings. The SMILES string of the molecule is CC/C=C\C/C=C\C/C=C\C/C=C\C/C=C\C/C=C\C/C=C\CCCCCCCCCCCCCC(=O)OCC(COC(=O)CCCCCCCCCCCC)OC(=O)CCCCC/C=C\C/C=C\C/C=C\CC. The fourth-order valence-corrected chi connectivity index (χ4v) is 8.20. The lowest BCUT2D eigenvalue weighted by molar-refractivity contribution is -0.167. The minimum absolute atomic E-state index is 0.0899. The van der Waals surface area contributed by atoms with Crippen molar-refractivity contribution in [1.29, 1.82) is 0 Å². The molecule has 0 bridgehead atoms. The number of ether oxygens (including phenoxy) is 3. The second-order valence-electron chi connectivity index (χ2n) is 19.9. The summed E-state index contributed by atoms with van der Waals surface area (Å²) in [6.45, 7) is 6.37. The summed E-state index contributed by atoms with van der Waals surface area (Å²) in [5, 5.41) is 0. The normalized spacial score (nSPS) is 13.0. The number of allylic oxidation sites excluding steroid dienone is 20. The first kappa shape index (κ1) is 69.8. The van der Waals surface area contributed by atoms with Gasteiger partial charge in [0.2, 0.25) is 0 Å². The average Bonchev–Trinajstić information content (AvgIpc) is 3.40. The van der Waals surface area contributed by atoms with E-state index in [4.69, 9.17) is 14.2 Å². The van der Waals surface area contributed by atoms with E-state index < -0.39 is 6.10 Å². The number of esters is 3. The number of carbonyl (C=O) groups excluding carboxylic acids is 3. The van der Waals surface area contributed by atoms with Gasteiger partial charge in [-0.2, -0.15) is 0 Å². The first-order valence-corrected chi connectivity index (χ1v) is 30.5. The Balaban J connectivity index is 4.16. The first-order chi connectivity index (χ1) is 36.5. The van der Waals surface area contributed by atoms with E-state index in [1.165, 1.54) is 103 Å². The number of hydrogen-bond donors (Lipinski definition) is 0. The molecular weight excluding hydrogens is 913 g/mol. The summed E-state index contributed by atoms with van der Waals surface area (Å²) in [6.07, 6.45) is 85.0. The molecule has 0 aromatic heterocycles. The number of unbranched alkanes of at least 4 members (excludes halogenated alkanes) is 23. The fourth-order valence-electron chi connectivity index (χ4n) is 8.20. The second kappa shape index (κ2) is 61.4. The third-order valence-electron chi connectivity index (χ3n) is 12.7. The van der Waals surface area contributed by atoms with E-state index in [-0.39, 0.29) is 31.1 Å². The molecule has 0 amide bonds. The van der Waals surface area contributed by atoms with Gasteiger partial charge in [-0.3, -0.25) is 14.4 Å². The van der Waals surface area contributed by atoms with Crippen molar-refractivity contribution in [2.75, 3.05) is 13.2 Å². The van der Waals surface area contributed by atoms with Crippen molar-refractivity contribution in [3.8, 4) is 0 Å². The van der Waals surface area contributed by atoms with Gasteiger partial charge in [-0.25, -0.2) is 0 Å². The quantitative estimate of drug-likeness (QED) is 0.0261. The molecular formula is C68H112O6. The van der Waals surface area contributed by atoms with E-state index in [2.05, 4.69) is 142 Å². The molecule has 0 spiro atoms. The summed E-state index contributed by atoms with van der Waals surface area (Å²) in [6, 6.07) is 0. The predicted molar refractivity (Wildman–Crippen MR) is 320 cm³/mol. The van der Waals surface area contributed by atoms with Crippen molar-refractivity contribution in [2.45, 2.75) is 277 Å². The predicted octanol–water partition coefficient (Wildman–Crippen LogP) is 20.8. The molecule has 0 saturated heterocycles. The van der Waals surface area contributed by atoms with Crippen LogP contribution in [0.2, 0.25) is 0 Å². The lowest BCUT2D eigenvalue weighted by Crippen LogP contribution is -2.30. The molecule has 1 atom stereocenters. The Labute approximate surface area is 456 Å². The zero-order valence-corrected chi connectivity index (χ0v) is 48.1. The Kier molecular flexibility index (Phi) is 57.9.